The lowest BCUT2D eigenvalue weighted by molar-refractivity contribution is -0.156. The van der Waals surface area contributed by atoms with Crippen LogP contribution in [0.3, 0.4) is 0 Å². The standard InChI is InChI=1S/C17H21NO2/c1-17(2,3)20-16(19)10-12-4-6-15-9-13(11-18)5-7-14(15)8-12/h5,7,9,12H,4,6,8,10H2,1-3H3. The maximum atomic E-state index is 11.9. The van der Waals surface area contributed by atoms with Crippen LogP contribution in [0.2, 0.25) is 0 Å². The molecule has 0 aliphatic heterocycles. The van der Waals surface area contributed by atoms with Gasteiger partial charge in [-0.3, -0.25) is 4.79 Å². The van der Waals surface area contributed by atoms with Gasteiger partial charge in [-0.05, 0) is 69.2 Å². The van der Waals surface area contributed by atoms with Crippen LogP contribution in [-0.2, 0) is 22.4 Å². The van der Waals surface area contributed by atoms with E-state index in [9.17, 15) is 4.79 Å². The number of esters is 1. The number of nitrogens with zero attached hydrogens (tertiary/aromatic N) is 1. The van der Waals surface area contributed by atoms with Crippen LogP contribution in [0.4, 0.5) is 0 Å². The van der Waals surface area contributed by atoms with E-state index in [0.717, 1.165) is 19.3 Å². The van der Waals surface area contributed by atoms with Crippen LogP contribution in [0.1, 0.15) is 50.3 Å². The summed E-state index contributed by atoms with van der Waals surface area (Å²) in [6.45, 7) is 5.68. The first kappa shape index (κ1) is 14.6. The first-order chi connectivity index (χ1) is 9.37. The van der Waals surface area contributed by atoms with Gasteiger partial charge in [0, 0.05) is 6.42 Å². The second-order valence-electron chi connectivity index (χ2n) is 6.49. The zero-order valence-electron chi connectivity index (χ0n) is 12.4. The van der Waals surface area contributed by atoms with Crippen LogP contribution in [-0.4, -0.2) is 11.6 Å². The molecular formula is C17H21NO2. The molecule has 1 aromatic rings. The molecule has 3 nitrogen and oxygen atoms in total. The zero-order valence-corrected chi connectivity index (χ0v) is 12.4. The Labute approximate surface area is 120 Å². The fraction of sp³-hybridized carbons (Fsp3) is 0.529. The molecule has 0 fully saturated rings. The zero-order chi connectivity index (χ0) is 14.8. The fourth-order valence-electron chi connectivity index (χ4n) is 2.69. The summed E-state index contributed by atoms with van der Waals surface area (Å²) in [7, 11) is 0. The Hall–Kier alpha value is -1.82. The molecule has 1 atom stereocenters. The molecule has 0 amide bonds. The van der Waals surface area contributed by atoms with E-state index in [1.54, 1.807) is 0 Å². The Morgan fingerprint density at radius 1 is 1.40 bits per heavy atom. The normalized spacial score (nSPS) is 18.0. The van der Waals surface area contributed by atoms with E-state index in [1.165, 1.54) is 11.1 Å². The molecule has 3 heteroatoms. The van der Waals surface area contributed by atoms with Crippen molar-refractivity contribution in [1.82, 2.24) is 0 Å². The third-order valence-electron chi connectivity index (χ3n) is 3.54. The number of benzene rings is 1. The van der Waals surface area contributed by atoms with Gasteiger partial charge in [-0.1, -0.05) is 6.07 Å². The van der Waals surface area contributed by atoms with Crippen LogP contribution < -0.4 is 0 Å². The van der Waals surface area contributed by atoms with Crippen molar-refractivity contribution in [2.45, 2.75) is 52.1 Å². The Bertz CT molecular complexity index is 549. The molecule has 1 aliphatic rings. The maximum absolute atomic E-state index is 11.9. The lowest BCUT2D eigenvalue weighted by Crippen LogP contribution is -2.26. The van der Waals surface area contributed by atoms with Gasteiger partial charge in [0.05, 0.1) is 11.6 Å². The van der Waals surface area contributed by atoms with Crippen molar-refractivity contribution < 1.29 is 9.53 Å². The second-order valence-corrected chi connectivity index (χ2v) is 6.49. The average molecular weight is 271 g/mol. The minimum atomic E-state index is -0.411. The summed E-state index contributed by atoms with van der Waals surface area (Å²) < 4.78 is 5.38. The second kappa shape index (κ2) is 5.66. The summed E-state index contributed by atoms with van der Waals surface area (Å²) in [5, 5.41) is 8.91. The number of carbonyl (C=O) groups excluding carboxylic acids is 1. The molecule has 2 rings (SSSR count). The quantitative estimate of drug-likeness (QED) is 0.775. The highest BCUT2D eigenvalue weighted by molar-refractivity contribution is 5.70. The highest BCUT2D eigenvalue weighted by atomic mass is 16.6. The molecule has 0 N–H and O–H groups in total. The van der Waals surface area contributed by atoms with Crippen LogP contribution in [0.25, 0.3) is 0 Å². The first-order valence-electron chi connectivity index (χ1n) is 7.11. The lowest BCUT2D eigenvalue weighted by Gasteiger charge is -2.26. The van der Waals surface area contributed by atoms with E-state index < -0.39 is 5.60 Å². The van der Waals surface area contributed by atoms with E-state index >= 15 is 0 Å². The van der Waals surface area contributed by atoms with Crippen LogP contribution in [0.5, 0.6) is 0 Å². The minimum absolute atomic E-state index is 0.111. The van der Waals surface area contributed by atoms with Crippen LogP contribution in [0, 0.1) is 17.2 Å². The van der Waals surface area contributed by atoms with Crippen LogP contribution in [0.15, 0.2) is 18.2 Å². The number of hydrogen-bond acceptors (Lipinski definition) is 3. The highest BCUT2D eigenvalue weighted by Gasteiger charge is 2.24. The summed E-state index contributed by atoms with van der Waals surface area (Å²) in [6, 6.07) is 8.02. The SMILES string of the molecule is CC(C)(C)OC(=O)CC1CCc2cc(C#N)ccc2C1. The molecule has 0 saturated carbocycles. The number of carbonyl (C=O) groups is 1. The monoisotopic (exact) mass is 271 g/mol. The molecule has 1 aromatic carbocycles. The number of ether oxygens (including phenoxy) is 1. The molecular weight excluding hydrogens is 250 g/mol. The highest BCUT2D eigenvalue weighted by Crippen LogP contribution is 2.29. The predicted molar refractivity (Wildman–Crippen MR) is 77.1 cm³/mol. The van der Waals surface area contributed by atoms with Crippen molar-refractivity contribution in [3.05, 3.63) is 34.9 Å². The van der Waals surface area contributed by atoms with Crippen LogP contribution >= 0.6 is 0 Å². The first-order valence-corrected chi connectivity index (χ1v) is 7.11. The van der Waals surface area contributed by atoms with E-state index in [-0.39, 0.29) is 5.97 Å². The summed E-state index contributed by atoms with van der Waals surface area (Å²) in [6.07, 6.45) is 3.32. The maximum Gasteiger partial charge on any atom is 0.306 e. The third kappa shape index (κ3) is 3.84. The summed E-state index contributed by atoms with van der Waals surface area (Å²) in [5.41, 5.74) is 2.83. The molecule has 0 aromatic heterocycles. The molecule has 0 spiro atoms. The van der Waals surface area contributed by atoms with Crippen molar-refractivity contribution in [3.63, 3.8) is 0 Å². The number of fused-ring (bicyclic) bond motifs is 1. The summed E-state index contributed by atoms with van der Waals surface area (Å²) in [5.74, 6) is 0.241. The molecule has 0 radical (unpaired) electrons. The molecule has 1 unspecified atom stereocenters. The summed E-state index contributed by atoms with van der Waals surface area (Å²) >= 11 is 0. The number of rotatable bonds is 2. The van der Waals surface area contributed by atoms with Gasteiger partial charge < -0.3 is 4.74 Å². The lowest BCUT2D eigenvalue weighted by atomic mass is 9.82. The van der Waals surface area contributed by atoms with Gasteiger partial charge in [0.15, 0.2) is 0 Å². The Kier molecular flexibility index (Phi) is 4.13. The van der Waals surface area contributed by atoms with Gasteiger partial charge in [0.1, 0.15) is 5.60 Å². The van der Waals surface area contributed by atoms with Crippen molar-refractivity contribution in [2.24, 2.45) is 5.92 Å². The number of nitriles is 1. The van der Waals surface area contributed by atoms with Crippen molar-refractivity contribution in [2.75, 3.05) is 0 Å². The minimum Gasteiger partial charge on any atom is -0.460 e. The Morgan fingerprint density at radius 3 is 2.80 bits per heavy atom. The Morgan fingerprint density at radius 2 is 2.15 bits per heavy atom. The van der Waals surface area contributed by atoms with Crippen molar-refractivity contribution >= 4 is 5.97 Å². The topological polar surface area (TPSA) is 50.1 Å². The molecule has 1 aliphatic carbocycles. The number of hydrogen-bond donors (Lipinski definition) is 0. The van der Waals surface area contributed by atoms with Gasteiger partial charge in [0.25, 0.3) is 0 Å². The molecule has 106 valence electrons. The smallest absolute Gasteiger partial charge is 0.306 e. The third-order valence-corrected chi connectivity index (χ3v) is 3.54. The molecule has 0 saturated heterocycles. The number of aryl methyl sites for hydroxylation is 1. The van der Waals surface area contributed by atoms with E-state index in [1.807, 2.05) is 39.0 Å². The van der Waals surface area contributed by atoms with E-state index in [2.05, 4.69) is 6.07 Å². The predicted octanol–water partition coefficient (Wildman–Crippen LogP) is 3.39. The molecule has 0 heterocycles. The van der Waals surface area contributed by atoms with Gasteiger partial charge in [-0.25, -0.2) is 0 Å². The largest absolute Gasteiger partial charge is 0.460 e. The molecule has 0 bridgehead atoms. The summed E-state index contributed by atoms with van der Waals surface area (Å²) in [4.78, 5) is 11.9. The fourth-order valence-corrected chi connectivity index (χ4v) is 2.69. The van der Waals surface area contributed by atoms with Crippen molar-refractivity contribution in [1.29, 1.82) is 5.26 Å². The van der Waals surface area contributed by atoms with E-state index in [0.29, 0.717) is 17.9 Å². The van der Waals surface area contributed by atoms with Gasteiger partial charge in [0.2, 0.25) is 0 Å². The van der Waals surface area contributed by atoms with Crippen molar-refractivity contribution in [3.8, 4) is 6.07 Å². The van der Waals surface area contributed by atoms with Gasteiger partial charge in [-0.2, -0.15) is 5.26 Å². The van der Waals surface area contributed by atoms with E-state index in [4.69, 9.17) is 10.00 Å². The average Bonchev–Trinajstić information content (AvgIpc) is 2.35. The molecule has 20 heavy (non-hydrogen) atoms. The Balaban J connectivity index is 1.98. The van der Waals surface area contributed by atoms with Gasteiger partial charge >= 0.3 is 5.97 Å². The van der Waals surface area contributed by atoms with Gasteiger partial charge in [-0.15, -0.1) is 0 Å².